The van der Waals surface area contributed by atoms with Gasteiger partial charge in [0, 0.05) is 12.1 Å². The molecule has 0 aliphatic carbocycles. The van der Waals surface area contributed by atoms with Crippen molar-refractivity contribution in [2.45, 2.75) is 32.5 Å². The quantitative estimate of drug-likeness (QED) is 0.474. The molecule has 0 N–H and O–H groups in total. The lowest BCUT2D eigenvalue weighted by Gasteiger charge is -2.21. The Bertz CT molecular complexity index is 547. The summed E-state index contributed by atoms with van der Waals surface area (Å²) in [5.74, 6) is -1.18. The predicted molar refractivity (Wildman–Crippen MR) is 63.3 cm³/mol. The third-order valence-corrected chi connectivity index (χ3v) is 2.14. The number of alkyl halides is 3. The predicted octanol–water partition coefficient (Wildman–Crippen LogP) is 3.57. The Labute approximate surface area is 112 Å². The largest absolute Gasteiger partial charge is 0.456 e. The van der Waals surface area contributed by atoms with E-state index in [1.54, 1.807) is 0 Å². The molecule has 110 valence electrons. The fourth-order valence-electron chi connectivity index (χ4n) is 1.39. The number of halogens is 3. The van der Waals surface area contributed by atoms with Gasteiger partial charge in [0.1, 0.15) is 5.60 Å². The molecule has 0 amide bonds. The van der Waals surface area contributed by atoms with Crippen LogP contribution in [0.2, 0.25) is 0 Å². The average molecular weight is 291 g/mol. The normalized spacial score (nSPS) is 12.1. The van der Waals surface area contributed by atoms with E-state index in [2.05, 4.69) is 0 Å². The Balaban J connectivity index is 3.33. The summed E-state index contributed by atoms with van der Waals surface area (Å²) in [4.78, 5) is 21.3. The number of hydrogen-bond acceptors (Lipinski definition) is 4. The Morgan fingerprint density at radius 1 is 1.25 bits per heavy atom. The molecule has 1 aromatic carbocycles. The maximum absolute atomic E-state index is 12.9. The molecule has 0 heterocycles. The minimum absolute atomic E-state index is 0.319. The smallest absolute Gasteiger partial charge is 0.417 e. The zero-order valence-electron chi connectivity index (χ0n) is 10.9. The van der Waals surface area contributed by atoms with E-state index in [1.165, 1.54) is 20.8 Å². The minimum Gasteiger partial charge on any atom is -0.456 e. The third-order valence-electron chi connectivity index (χ3n) is 2.14. The number of carbonyl (C=O) groups excluding carboxylic acids is 1. The molecule has 0 atom stereocenters. The van der Waals surface area contributed by atoms with Crippen LogP contribution in [-0.4, -0.2) is 16.5 Å². The highest BCUT2D eigenvalue weighted by atomic mass is 19.4. The number of esters is 1. The van der Waals surface area contributed by atoms with E-state index in [9.17, 15) is 28.1 Å². The molecular weight excluding hydrogens is 279 g/mol. The first-order valence-electron chi connectivity index (χ1n) is 5.51. The van der Waals surface area contributed by atoms with Gasteiger partial charge in [0.25, 0.3) is 5.69 Å². The Kier molecular flexibility index (Phi) is 4.07. The third kappa shape index (κ3) is 3.94. The number of nitrogens with zero attached hydrogens (tertiary/aromatic N) is 1. The lowest BCUT2D eigenvalue weighted by Crippen LogP contribution is -2.25. The summed E-state index contributed by atoms with van der Waals surface area (Å²) in [7, 11) is 0. The van der Waals surface area contributed by atoms with Crippen LogP contribution in [0.1, 0.15) is 36.7 Å². The summed E-state index contributed by atoms with van der Waals surface area (Å²) in [6.07, 6.45) is -4.89. The Morgan fingerprint density at radius 2 is 1.80 bits per heavy atom. The molecule has 0 aliphatic rings. The summed E-state index contributed by atoms with van der Waals surface area (Å²) in [6, 6.07) is 1.89. The van der Waals surface area contributed by atoms with Crippen LogP contribution in [-0.2, 0) is 10.9 Å². The number of ether oxygens (including phenoxy) is 1. The number of carbonyl (C=O) groups is 1. The second kappa shape index (κ2) is 5.10. The van der Waals surface area contributed by atoms with Crippen LogP contribution < -0.4 is 0 Å². The molecule has 0 unspecified atom stereocenters. The van der Waals surface area contributed by atoms with Crippen LogP contribution in [0.3, 0.4) is 0 Å². The standard InChI is InChI=1S/C12H12F3NO4/c1-11(2,3)20-10(17)8-5-4-7(16(18)19)6-9(8)12(13,14)15/h4-6H,1-3H3. The summed E-state index contributed by atoms with van der Waals surface area (Å²) in [6.45, 7) is 4.51. The second-order valence-corrected chi connectivity index (χ2v) is 4.99. The van der Waals surface area contributed by atoms with Gasteiger partial charge in [-0.2, -0.15) is 13.2 Å². The fourth-order valence-corrected chi connectivity index (χ4v) is 1.39. The number of rotatable bonds is 2. The van der Waals surface area contributed by atoms with Crippen LogP contribution >= 0.6 is 0 Å². The minimum atomic E-state index is -4.89. The Morgan fingerprint density at radius 3 is 2.20 bits per heavy atom. The molecule has 20 heavy (non-hydrogen) atoms. The van der Waals surface area contributed by atoms with Crippen LogP contribution in [0.4, 0.5) is 18.9 Å². The highest BCUT2D eigenvalue weighted by Gasteiger charge is 2.38. The molecule has 1 rings (SSSR count). The molecule has 5 nitrogen and oxygen atoms in total. The molecule has 1 aromatic rings. The van der Waals surface area contributed by atoms with Gasteiger partial charge >= 0.3 is 12.1 Å². The summed E-state index contributed by atoms with van der Waals surface area (Å²) >= 11 is 0. The van der Waals surface area contributed by atoms with E-state index in [-0.39, 0.29) is 0 Å². The number of nitro groups is 1. The van der Waals surface area contributed by atoms with Crippen molar-refractivity contribution in [2.75, 3.05) is 0 Å². The maximum Gasteiger partial charge on any atom is 0.417 e. The molecule has 0 bridgehead atoms. The topological polar surface area (TPSA) is 69.4 Å². The van der Waals surface area contributed by atoms with Gasteiger partial charge in [-0.05, 0) is 26.8 Å². The van der Waals surface area contributed by atoms with Gasteiger partial charge in [-0.25, -0.2) is 4.79 Å². The molecular formula is C12H12F3NO4. The molecule has 8 heteroatoms. The van der Waals surface area contributed by atoms with Gasteiger partial charge in [-0.3, -0.25) is 10.1 Å². The van der Waals surface area contributed by atoms with E-state index >= 15 is 0 Å². The van der Waals surface area contributed by atoms with E-state index < -0.39 is 39.5 Å². The van der Waals surface area contributed by atoms with Crippen molar-refractivity contribution in [3.8, 4) is 0 Å². The van der Waals surface area contributed by atoms with E-state index in [1.807, 2.05) is 0 Å². The van der Waals surface area contributed by atoms with Crippen molar-refractivity contribution in [3.63, 3.8) is 0 Å². The van der Waals surface area contributed by atoms with Gasteiger partial charge in [0.15, 0.2) is 0 Å². The molecule has 0 saturated heterocycles. The fraction of sp³-hybridized carbons (Fsp3) is 0.417. The lowest BCUT2D eigenvalue weighted by atomic mass is 10.1. The molecule has 0 fully saturated rings. The van der Waals surface area contributed by atoms with Crippen molar-refractivity contribution in [3.05, 3.63) is 39.4 Å². The zero-order chi connectivity index (χ0) is 15.7. The first-order valence-corrected chi connectivity index (χ1v) is 5.51. The van der Waals surface area contributed by atoms with Crippen LogP contribution in [0.5, 0.6) is 0 Å². The van der Waals surface area contributed by atoms with Crippen LogP contribution in [0.15, 0.2) is 18.2 Å². The van der Waals surface area contributed by atoms with Gasteiger partial charge < -0.3 is 4.74 Å². The number of benzene rings is 1. The van der Waals surface area contributed by atoms with Crippen LogP contribution in [0.25, 0.3) is 0 Å². The van der Waals surface area contributed by atoms with Gasteiger partial charge in [-0.1, -0.05) is 0 Å². The molecule has 0 aliphatic heterocycles. The maximum atomic E-state index is 12.9. The molecule has 0 aromatic heterocycles. The first kappa shape index (κ1) is 15.9. The number of non-ortho nitro benzene ring substituents is 1. The summed E-state index contributed by atoms with van der Waals surface area (Å²) in [5.41, 5.74) is -3.86. The first-order chi connectivity index (χ1) is 8.92. The average Bonchev–Trinajstić information content (AvgIpc) is 2.24. The van der Waals surface area contributed by atoms with Crippen molar-refractivity contribution in [2.24, 2.45) is 0 Å². The van der Waals surface area contributed by atoms with Crippen molar-refractivity contribution >= 4 is 11.7 Å². The van der Waals surface area contributed by atoms with E-state index in [4.69, 9.17) is 4.74 Å². The monoisotopic (exact) mass is 291 g/mol. The molecule has 0 radical (unpaired) electrons. The number of hydrogen-bond donors (Lipinski definition) is 0. The Hall–Kier alpha value is -2.12. The second-order valence-electron chi connectivity index (χ2n) is 4.99. The van der Waals surface area contributed by atoms with Crippen LogP contribution in [0, 0.1) is 10.1 Å². The summed E-state index contributed by atoms with van der Waals surface area (Å²) in [5, 5.41) is 10.5. The van der Waals surface area contributed by atoms with Crippen molar-refractivity contribution in [1.29, 1.82) is 0 Å². The highest BCUT2D eigenvalue weighted by molar-refractivity contribution is 5.92. The van der Waals surface area contributed by atoms with E-state index in [0.29, 0.717) is 6.07 Å². The lowest BCUT2D eigenvalue weighted by molar-refractivity contribution is -0.385. The van der Waals surface area contributed by atoms with Crippen molar-refractivity contribution in [1.82, 2.24) is 0 Å². The number of nitro benzene ring substituents is 1. The van der Waals surface area contributed by atoms with Gasteiger partial charge in [0.2, 0.25) is 0 Å². The summed E-state index contributed by atoms with van der Waals surface area (Å²) < 4.78 is 43.4. The molecule has 0 spiro atoms. The highest BCUT2D eigenvalue weighted by Crippen LogP contribution is 2.35. The SMILES string of the molecule is CC(C)(C)OC(=O)c1ccc([N+](=O)[O-])cc1C(F)(F)F. The van der Waals surface area contributed by atoms with E-state index in [0.717, 1.165) is 12.1 Å². The van der Waals surface area contributed by atoms with Gasteiger partial charge in [-0.15, -0.1) is 0 Å². The van der Waals surface area contributed by atoms with Crippen molar-refractivity contribution < 1.29 is 27.6 Å². The zero-order valence-corrected chi connectivity index (χ0v) is 10.9. The van der Waals surface area contributed by atoms with Gasteiger partial charge in [0.05, 0.1) is 16.1 Å². The molecule has 0 saturated carbocycles.